The van der Waals surface area contributed by atoms with Gasteiger partial charge >= 0.3 is 5.97 Å². The number of anilines is 1. The first-order valence-electron chi connectivity index (χ1n) is 9.91. The number of rotatable bonds is 6. The molecule has 1 aromatic rings. The van der Waals surface area contributed by atoms with Crippen molar-refractivity contribution in [2.45, 2.75) is 39.3 Å². The molecule has 0 spiro atoms. The van der Waals surface area contributed by atoms with Crippen LogP contribution in [0, 0.1) is 20.8 Å². The van der Waals surface area contributed by atoms with E-state index in [0.717, 1.165) is 36.3 Å². The van der Waals surface area contributed by atoms with Crippen LogP contribution in [0.1, 0.15) is 23.1 Å². The van der Waals surface area contributed by atoms with Crippen molar-refractivity contribution in [3.05, 3.63) is 28.8 Å². The summed E-state index contributed by atoms with van der Waals surface area (Å²) in [5, 5.41) is 8.93. The Bertz CT molecular complexity index is 728. The number of carboxylic acids is 1. The maximum atomic E-state index is 13.2. The standard InChI is InChI=1S/C21H31N3O4/c1-14-9-15(2)20(16(3)10-14)24-6-5-18(21(24)27)23-7-8-28-17(12-23)11-22(4)13-19(25)26/h9-10,17-18H,5-8,11-13H2,1-4H3,(H,25,26). The summed E-state index contributed by atoms with van der Waals surface area (Å²) in [6, 6.07) is 4.13. The molecule has 2 heterocycles. The van der Waals surface area contributed by atoms with Gasteiger partial charge in [-0.25, -0.2) is 0 Å². The van der Waals surface area contributed by atoms with Crippen molar-refractivity contribution in [3.8, 4) is 0 Å². The summed E-state index contributed by atoms with van der Waals surface area (Å²) in [5.74, 6) is -0.685. The zero-order valence-electron chi connectivity index (χ0n) is 17.3. The number of benzene rings is 1. The number of carbonyl (C=O) groups is 2. The summed E-state index contributed by atoms with van der Waals surface area (Å²) in [6.07, 6.45) is 0.728. The van der Waals surface area contributed by atoms with Gasteiger partial charge in [-0.05, 0) is 45.4 Å². The summed E-state index contributed by atoms with van der Waals surface area (Å²) in [4.78, 5) is 30.0. The third-order valence-electron chi connectivity index (χ3n) is 5.61. The normalized spacial score (nSPS) is 23.6. The first kappa shape index (κ1) is 20.8. The van der Waals surface area contributed by atoms with E-state index in [9.17, 15) is 9.59 Å². The molecule has 1 amide bonds. The fraction of sp³-hybridized carbons (Fsp3) is 0.619. The lowest BCUT2D eigenvalue weighted by molar-refractivity contribution is -0.138. The second-order valence-corrected chi connectivity index (χ2v) is 8.12. The molecule has 3 rings (SSSR count). The van der Waals surface area contributed by atoms with Gasteiger partial charge < -0.3 is 14.7 Å². The molecule has 28 heavy (non-hydrogen) atoms. The van der Waals surface area contributed by atoms with E-state index in [1.807, 2.05) is 4.90 Å². The predicted molar refractivity (Wildman–Crippen MR) is 108 cm³/mol. The Balaban J connectivity index is 1.67. The number of aryl methyl sites for hydroxylation is 3. The number of likely N-dealkylation sites (N-methyl/N-ethyl adjacent to an activating group) is 1. The van der Waals surface area contributed by atoms with Gasteiger partial charge in [-0.2, -0.15) is 0 Å². The van der Waals surface area contributed by atoms with Gasteiger partial charge in [-0.3, -0.25) is 19.4 Å². The van der Waals surface area contributed by atoms with Crippen molar-refractivity contribution in [2.75, 3.05) is 51.3 Å². The number of hydrogen-bond acceptors (Lipinski definition) is 5. The van der Waals surface area contributed by atoms with E-state index in [-0.39, 0.29) is 24.6 Å². The molecular weight excluding hydrogens is 358 g/mol. The van der Waals surface area contributed by atoms with Crippen molar-refractivity contribution < 1.29 is 19.4 Å². The highest BCUT2D eigenvalue weighted by atomic mass is 16.5. The number of carbonyl (C=O) groups excluding carboxylic acids is 1. The molecule has 2 saturated heterocycles. The van der Waals surface area contributed by atoms with Crippen LogP contribution < -0.4 is 4.90 Å². The molecule has 0 radical (unpaired) electrons. The van der Waals surface area contributed by atoms with Crippen molar-refractivity contribution in [1.82, 2.24) is 9.80 Å². The van der Waals surface area contributed by atoms with Crippen molar-refractivity contribution in [2.24, 2.45) is 0 Å². The SMILES string of the molecule is Cc1cc(C)c(N2CCC(N3CCOC(CN(C)CC(=O)O)C3)C2=O)c(C)c1. The Labute approximate surface area is 166 Å². The van der Waals surface area contributed by atoms with E-state index in [1.54, 1.807) is 11.9 Å². The van der Waals surface area contributed by atoms with Gasteiger partial charge in [-0.1, -0.05) is 17.7 Å². The fourth-order valence-corrected chi connectivity index (χ4v) is 4.60. The summed E-state index contributed by atoms with van der Waals surface area (Å²) >= 11 is 0. The molecule has 2 atom stereocenters. The molecule has 2 aliphatic rings. The Morgan fingerprint density at radius 2 is 1.93 bits per heavy atom. The van der Waals surface area contributed by atoms with Gasteiger partial charge in [0, 0.05) is 31.9 Å². The molecular formula is C21H31N3O4. The molecule has 1 aromatic carbocycles. The van der Waals surface area contributed by atoms with Crippen LogP contribution in [0.4, 0.5) is 5.69 Å². The van der Waals surface area contributed by atoms with Crippen LogP contribution in [-0.2, 0) is 14.3 Å². The number of amides is 1. The highest BCUT2D eigenvalue weighted by Crippen LogP contribution is 2.31. The highest BCUT2D eigenvalue weighted by molar-refractivity contribution is 6.00. The van der Waals surface area contributed by atoms with Crippen molar-refractivity contribution >= 4 is 17.6 Å². The number of ether oxygens (including phenoxy) is 1. The zero-order valence-corrected chi connectivity index (χ0v) is 17.3. The molecule has 1 N–H and O–H groups in total. The number of morpholine rings is 1. The quantitative estimate of drug-likeness (QED) is 0.794. The Morgan fingerprint density at radius 3 is 2.57 bits per heavy atom. The maximum absolute atomic E-state index is 13.2. The van der Waals surface area contributed by atoms with E-state index in [4.69, 9.17) is 9.84 Å². The molecule has 0 aromatic heterocycles. The van der Waals surface area contributed by atoms with Gasteiger partial charge in [0.2, 0.25) is 5.91 Å². The van der Waals surface area contributed by atoms with E-state index in [1.165, 1.54) is 5.56 Å². The molecule has 2 fully saturated rings. The number of aliphatic carboxylic acids is 1. The largest absolute Gasteiger partial charge is 0.480 e. The van der Waals surface area contributed by atoms with Crippen LogP contribution in [0.2, 0.25) is 0 Å². The Hall–Kier alpha value is -1.96. The van der Waals surface area contributed by atoms with Crippen LogP contribution in [-0.4, -0.2) is 85.3 Å². The lowest BCUT2D eigenvalue weighted by atomic mass is 10.0. The average molecular weight is 389 g/mol. The van der Waals surface area contributed by atoms with Gasteiger partial charge in [-0.15, -0.1) is 0 Å². The van der Waals surface area contributed by atoms with Gasteiger partial charge in [0.15, 0.2) is 0 Å². The van der Waals surface area contributed by atoms with Crippen LogP contribution >= 0.6 is 0 Å². The lowest BCUT2D eigenvalue weighted by Gasteiger charge is -2.37. The second kappa shape index (κ2) is 8.59. The monoisotopic (exact) mass is 389 g/mol. The smallest absolute Gasteiger partial charge is 0.317 e. The average Bonchev–Trinajstić information content (AvgIpc) is 2.95. The van der Waals surface area contributed by atoms with Gasteiger partial charge in [0.25, 0.3) is 0 Å². The van der Waals surface area contributed by atoms with Crippen molar-refractivity contribution in [3.63, 3.8) is 0 Å². The van der Waals surface area contributed by atoms with Crippen LogP contribution in [0.3, 0.4) is 0 Å². The minimum Gasteiger partial charge on any atom is -0.480 e. The molecule has 0 saturated carbocycles. The predicted octanol–water partition coefficient (Wildman–Crippen LogP) is 1.43. The minimum atomic E-state index is -0.847. The zero-order chi connectivity index (χ0) is 20.4. The minimum absolute atomic E-state index is 0.0119. The fourth-order valence-electron chi connectivity index (χ4n) is 4.60. The van der Waals surface area contributed by atoms with Gasteiger partial charge in [0.05, 0.1) is 25.3 Å². The Kier molecular flexibility index (Phi) is 6.37. The molecule has 0 bridgehead atoms. The molecule has 2 aliphatic heterocycles. The maximum Gasteiger partial charge on any atom is 0.317 e. The van der Waals surface area contributed by atoms with E-state index in [0.29, 0.717) is 19.7 Å². The van der Waals surface area contributed by atoms with E-state index in [2.05, 4.69) is 37.8 Å². The van der Waals surface area contributed by atoms with E-state index < -0.39 is 5.97 Å². The van der Waals surface area contributed by atoms with Gasteiger partial charge in [0.1, 0.15) is 0 Å². The molecule has 154 valence electrons. The van der Waals surface area contributed by atoms with Crippen LogP contribution in [0.25, 0.3) is 0 Å². The molecule has 7 heteroatoms. The first-order chi connectivity index (χ1) is 13.3. The van der Waals surface area contributed by atoms with Crippen LogP contribution in [0.15, 0.2) is 12.1 Å². The summed E-state index contributed by atoms with van der Waals surface area (Å²) in [5.41, 5.74) is 4.54. The summed E-state index contributed by atoms with van der Waals surface area (Å²) in [6.45, 7) is 9.43. The van der Waals surface area contributed by atoms with E-state index >= 15 is 0 Å². The third-order valence-corrected chi connectivity index (χ3v) is 5.61. The van der Waals surface area contributed by atoms with Crippen LogP contribution in [0.5, 0.6) is 0 Å². The molecule has 7 nitrogen and oxygen atoms in total. The number of nitrogens with zero attached hydrogens (tertiary/aromatic N) is 3. The molecule has 0 aliphatic carbocycles. The number of carboxylic acid groups (broad SMARTS) is 1. The second-order valence-electron chi connectivity index (χ2n) is 8.12. The number of hydrogen-bond donors (Lipinski definition) is 1. The first-order valence-corrected chi connectivity index (χ1v) is 9.91. The third kappa shape index (κ3) is 4.54. The topological polar surface area (TPSA) is 73.3 Å². The lowest BCUT2D eigenvalue weighted by Crippen LogP contribution is -2.53. The highest BCUT2D eigenvalue weighted by Gasteiger charge is 2.39. The molecule has 2 unspecified atom stereocenters. The van der Waals surface area contributed by atoms with Crippen molar-refractivity contribution in [1.29, 1.82) is 0 Å². The summed E-state index contributed by atoms with van der Waals surface area (Å²) < 4.78 is 5.82. The Morgan fingerprint density at radius 1 is 1.25 bits per heavy atom. The summed E-state index contributed by atoms with van der Waals surface area (Å²) in [7, 11) is 1.78.